The zero-order valence-electron chi connectivity index (χ0n) is 9.06. The summed E-state index contributed by atoms with van der Waals surface area (Å²) in [4.78, 5) is 0. The molecule has 0 spiro atoms. The van der Waals surface area contributed by atoms with Gasteiger partial charge >= 0.3 is 20.8 Å². The Morgan fingerprint density at radius 1 is 1.05 bits per heavy atom. The molecule has 113 valence electrons. The molecule has 0 aliphatic carbocycles. The second-order valence-corrected chi connectivity index (χ2v) is 5.63. The van der Waals surface area contributed by atoms with Gasteiger partial charge in [-0.1, -0.05) is 0 Å². The van der Waals surface area contributed by atoms with E-state index in [0.717, 1.165) is 0 Å². The van der Waals surface area contributed by atoms with Crippen molar-refractivity contribution in [3.8, 4) is 0 Å². The molecular weight excluding hydrogens is 312 g/mol. The maximum atomic E-state index is 10.4. The summed E-state index contributed by atoms with van der Waals surface area (Å²) in [6, 6.07) is 0. The molecule has 0 aromatic rings. The van der Waals surface area contributed by atoms with E-state index >= 15 is 0 Å². The van der Waals surface area contributed by atoms with Crippen molar-refractivity contribution in [2.24, 2.45) is 0 Å². The van der Waals surface area contributed by atoms with Gasteiger partial charge in [0.25, 0.3) is 0 Å². The molecule has 4 atom stereocenters. The van der Waals surface area contributed by atoms with Gasteiger partial charge < -0.3 is 14.9 Å². The van der Waals surface area contributed by atoms with Crippen LogP contribution < -0.4 is 0 Å². The van der Waals surface area contributed by atoms with Crippen molar-refractivity contribution < 1.29 is 49.3 Å². The second kappa shape index (κ2) is 5.94. The van der Waals surface area contributed by atoms with Crippen molar-refractivity contribution in [3.05, 3.63) is 6.61 Å². The highest BCUT2D eigenvalue weighted by Gasteiger charge is 2.42. The first-order chi connectivity index (χ1) is 8.49. The molecule has 0 aromatic carbocycles. The molecule has 1 radical (unpaired) electrons. The Kier molecular flexibility index (Phi) is 5.21. The van der Waals surface area contributed by atoms with Crippen LogP contribution in [0.5, 0.6) is 0 Å². The van der Waals surface area contributed by atoms with Gasteiger partial charge in [-0.3, -0.25) is 9.11 Å². The molecule has 4 N–H and O–H groups in total. The quantitative estimate of drug-likeness (QED) is 0.386. The number of hydrogen-bond acceptors (Lipinski definition) is 9. The Bertz CT molecular complexity index is 493. The summed E-state index contributed by atoms with van der Waals surface area (Å²) in [7, 11) is -9.64. The van der Waals surface area contributed by atoms with E-state index in [-0.39, 0.29) is 0 Å². The van der Waals surface area contributed by atoms with Gasteiger partial charge in [-0.15, -0.1) is 0 Å². The van der Waals surface area contributed by atoms with Crippen LogP contribution in [0.3, 0.4) is 0 Å². The molecule has 1 heterocycles. The minimum absolute atomic E-state index is 0.628. The summed E-state index contributed by atoms with van der Waals surface area (Å²) in [6.07, 6.45) is -6.69. The van der Waals surface area contributed by atoms with Crippen LogP contribution in [0, 0.1) is 6.61 Å². The third-order valence-electron chi connectivity index (χ3n) is 2.07. The predicted molar refractivity (Wildman–Crippen MR) is 55.1 cm³/mol. The van der Waals surface area contributed by atoms with Crippen molar-refractivity contribution in [1.82, 2.24) is 0 Å². The summed E-state index contributed by atoms with van der Waals surface area (Å²) >= 11 is 0. The van der Waals surface area contributed by atoms with E-state index in [1.165, 1.54) is 0 Å². The van der Waals surface area contributed by atoms with Gasteiger partial charge in [0.1, 0.15) is 31.0 Å². The Morgan fingerprint density at radius 3 is 2.11 bits per heavy atom. The highest BCUT2D eigenvalue weighted by molar-refractivity contribution is 7.81. The van der Waals surface area contributed by atoms with E-state index in [9.17, 15) is 27.0 Å². The molecule has 19 heavy (non-hydrogen) atoms. The van der Waals surface area contributed by atoms with E-state index in [4.69, 9.17) is 9.11 Å². The van der Waals surface area contributed by atoms with Gasteiger partial charge in [0.2, 0.25) is 0 Å². The second-order valence-electron chi connectivity index (χ2n) is 3.49. The molecule has 13 heteroatoms. The lowest BCUT2D eigenvalue weighted by Crippen LogP contribution is -2.53. The molecular formula is C6H11O11S2. The van der Waals surface area contributed by atoms with E-state index in [1.807, 2.05) is 0 Å². The lowest BCUT2D eigenvalue weighted by atomic mass is 10.0. The van der Waals surface area contributed by atoms with Crippen molar-refractivity contribution >= 4 is 20.8 Å². The molecule has 0 aromatic heterocycles. The van der Waals surface area contributed by atoms with Crippen molar-refractivity contribution in [2.75, 3.05) is 6.61 Å². The maximum absolute atomic E-state index is 10.4. The van der Waals surface area contributed by atoms with Crippen LogP contribution in [0.1, 0.15) is 0 Å². The minimum atomic E-state index is -4.88. The molecule has 1 aliphatic rings. The standard InChI is InChI=1S/C6H11O11S2/c7-5-3(2-16-18(9,10)11)15-1-4(6(5)8)17-19(12,13)14/h1,3-8H,2H2,(H,9,10,11)(H,12,13,14)/t3-,4+,5+,6-/m1/s1. The van der Waals surface area contributed by atoms with E-state index in [1.54, 1.807) is 0 Å². The first-order valence-corrected chi connectivity index (χ1v) is 7.35. The number of aliphatic hydroxyl groups is 2. The van der Waals surface area contributed by atoms with Gasteiger partial charge in [0.05, 0.1) is 6.61 Å². The predicted octanol–water partition coefficient (Wildman–Crippen LogP) is -2.72. The molecule has 0 amide bonds. The van der Waals surface area contributed by atoms with Crippen molar-refractivity contribution in [2.45, 2.75) is 24.4 Å². The average molecular weight is 323 g/mol. The van der Waals surface area contributed by atoms with Crippen LogP contribution in [0.4, 0.5) is 0 Å². The van der Waals surface area contributed by atoms with E-state index < -0.39 is 51.8 Å². The van der Waals surface area contributed by atoms with Crippen molar-refractivity contribution in [1.29, 1.82) is 0 Å². The first kappa shape index (κ1) is 16.7. The lowest BCUT2D eigenvalue weighted by Gasteiger charge is -2.35. The van der Waals surface area contributed by atoms with E-state index in [2.05, 4.69) is 13.1 Å². The van der Waals surface area contributed by atoms with Crippen LogP contribution in [-0.4, -0.2) is 67.2 Å². The molecule has 0 unspecified atom stereocenters. The highest BCUT2D eigenvalue weighted by Crippen LogP contribution is 2.22. The number of rotatable bonds is 5. The molecule has 1 fully saturated rings. The monoisotopic (exact) mass is 323 g/mol. The fourth-order valence-electron chi connectivity index (χ4n) is 1.26. The minimum Gasteiger partial charge on any atom is -0.387 e. The zero-order valence-corrected chi connectivity index (χ0v) is 10.7. The summed E-state index contributed by atoms with van der Waals surface area (Å²) in [6.45, 7) is -0.199. The third-order valence-corrected chi connectivity index (χ3v) is 2.97. The molecule has 1 rings (SSSR count). The fourth-order valence-corrected chi connectivity index (χ4v) is 2.01. The summed E-state index contributed by atoms with van der Waals surface area (Å²) in [5.41, 5.74) is 0. The summed E-state index contributed by atoms with van der Waals surface area (Å²) in [5.74, 6) is 0. The van der Waals surface area contributed by atoms with Crippen LogP contribution >= 0.6 is 0 Å². The smallest absolute Gasteiger partial charge is 0.387 e. The molecule has 11 nitrogen and oxygen atoms in total. The Hall–Kier alpha value is -0.380. The van der Waals surface area contributed by atoms with Crippen LogP contribution in [-0.2, 0) is 33.9 Å². The van der Waals surface area contributed by atoms with Crippen LogP contribution in [0.2, 0.25) is 0 Å². The largest absolute Gasteiger partial charge is 0.397 e. The molecule has 0 saturated carbocycles. The Morgan fingerprint density at radius 2 is 1.63 bits per heavy atom. The van der Waals surface area contributed by atoms with Gasteiger partial charge in [-0.25, -0.2) is 8.37 Å². The topological polar surface area (TPSA) is 177 Å². The molecule has 1 saturated heterocycles. The van der Waals surface area contributed by atoms with Gasteiger partial charge in [-0.05, 0) is 0 Å². The molecule has 1 aliphatic heterocycles. The maximum Gasteiger partial charge on any atom is 0.397 e. The van der Waals surface area contributed by atoms with Gasteiger partial charge in [0.15, 0.2) is 0 Å². The average Bonchev–Trinajstić information content (AvgIpc) is 2.21. The van der Waals surface area contributed by atoms with Crippen LogP contribution in [0.25, 0.3) is 0 Å². The van der Waals surface area contributed by atoms with Crippen molar-refractivity contribution in [3.63, 3.8) is 0 Å². The number of hydrogen-bond donors (Lipinski definition) is 4. The normalized spacial score (nSPS) is 33.3. The summed E-state index contributed by atoms with van der Waals surface area (Å²) in [5, 5.41) is 19.0. The van der Waals surface area contributed by atoms with E-state index in [0.29, 0.717) is 6.61 Å². The first-order valence-electron chi connectivity index (χ1n) is 4.62. The third kappa shape index (κ3) is 5.64. The lowest BCUT2D eigenvalue weighted by molar-refractivity contribution is -0.161. The van der Waals surface area contributed by atoms with Gasteiger partial charge in [0, 0.05) is 0 Å². The molecule has 0 bridgehead atoms. The number of ether oxygens (including phenoxy) is 1. The SMILES string of the molecule is O=S(=O)(O)OC[C@H]1O[CH][C@H](OS(=O)(=O)O)[C@@H](O)[C@H]1O. The number of aliphatic hydroxyl groups excluding tert-OH is 2. The fraction of sp³-hybridized carbons (Fsp3) is 0.833. The van der Waals surface area contributed by atoms with Gasteiger partial charge in [-0.2, -0.15) is 16.8 Å². The van der Waals surface area contributed by atoms with Crippen LogP contribution in [0.15, 0.2) is 0 Å². The zero-order chi connectivity index (χ0) is 14.8. The Labute approximate surface area is 108 Å². The Balaban J connectivity index is 2.62. The highest BCUT2D eigenvalue weighted by atomic mass is 32.3. The summed E-state index contributed by atoms with van der Waals surface area (Å²) < 4.78 is 70.7.